The lowest BCUT2D eigenvalue weighted by molar-refractivity contribution is 0.0772. The van der Waals surface area contributed by atoms with Crippen LogP contribution in [0.15, 0.2) is 35.8 Å². The van der Waals surface area contributed by atoms with Gasteiger partial charge in [-0.15, -0.1) is 0 Å². The van der Waals surface area contributed by atoms with Crippen molar-refractivity contribution in [3.8, 4) is 11.3 Å². The van der Waals surface area contributed by atoms with Gasteiger partial charge in [0.1, 0.15) is 6.10 Å². The third kappa shape index (κ3) is 3.03. The van der Waals surface area contributed by atoms with Crippen molar-refractivity contribution in [2.24, 2.45) is 0 Å². The van der Waals surface area contributed by atoms with E-state index in [1.165, 1.54) is 11.3 Å². The summed E-state index contributed by atoms with van der Waals surface area (Å²) in [7, 11) is 0. The number of hydrogen-bond acceptors (Lipinski definition) is 5. The van der Waals surface area contributed by atoms with Crippen LogP contribution >= 0.6 is 11.3 Å². The summed E-state index contributed by atoms with van der Waals surface area (Å²) < 4.78 is 5.74. The van der Waals surface area contributed by atoms with E-state index in [9.17, 15) is 4.79 Å². The number of thiazole rings is 1. The van der Waals surface area contributed by atoms with E-state index in [-0.39, 0.29) is 12.0 Å². The van der Waals surface area contributed by atoms with Gasteiger partial charge in [0.25, 0.3) is 11.1 Å². The number of amides is 1. The number of ether oxygens (including phenoxy) is 1. The molecule has 2 aromatic rings. The van der Waals surface area contributed by atoms with Gasteiger partial charge in [-0.3, -0.25) is 4.79 Å². The molecule has 5 nitrogen and oxygen atoms in total. The van der Waals surface area contributed by atoms with Crippen LogP contribution in [0.1, 0.15) is 22.3 Å². The number of rotatable bonds is 3. The van der Waals surface area contributed by atoms with Crippen molar-refractivity contribution < 1.29 is 9.53 Å². The summed E-state index contributed by atoms with van der Waals surface area (Å²) in [5.74, 6) is -0.0234. The number of carbonyl (C=O) groups is 1. The molecule has 1 fully saturated rings. The van der Waals surface area contributed by atoms with Gasteiger partial charge in [-0.25, -0.2) is 4.98 Å². The molecule has 6 heteroatoms. The fourth-order valence-electron chi connectivity index (χ4n) is 2.29. The van der Waals surface area contributed by atoms with Gasteiger partial charge < -0.3 is 9.64 Å². The minimum absolute atomic E-state index is 0.00141. The highest BCUT2D eigenvalue weighted by atomic mass is 32.1. The number of aromatic nitrogens is 1. The molecule has 3 rings (SSSR count). The van der Waals surface area contributed by atoms with Gasteiger partial charge in [-0.05, 0) is 24.3 Å². The molecular weight excluding hydrogens is 286 g/mol. The Kier molecular flexibility index (Phi) is 3.84. The standard InChI is InChI=1S/C15H13N3O2S/c16-9-11-1-3-12(4-2-11)14(19)18-7-5-13(10-18)20-15-17-6-8-21-15/h1-4,6,8,13H,5,7,10H2. The first-order valence-electron chi connectivity index (χ1n) is 6.62. The van der Waals surface area contributed by atoms with E-state index in [0.717, 1.165) is 6.42 Å². The Labute approximate surface area is 126 Å². The van der Waals surface area contributed by atoms with Crippen LogP contribution in [0.2, 0.25) is 0 Å². The third-order valence-electron chi connectivity index (χ3n) is 3.37. The van der Waals surface area contributed by atoms with E-state index in [1.807, 2.05) is 11.4 Å². The van der Waals surface area contributed by atoms with Gasteiger partial charge in [0, 0.05) is 30.1 Å². The molecule has 0 spiro atoms. The second-order valence-corrected chi connectivity index (χ2v) is 5.62. The van der Waals surface area contributed by atoms with E-state index in [2.05, 4.69) is 4.98 Å². The maximum absolute atomic E-state index is 12.4. The van der Waals surface area contributed by atoms with Crippen molar-refractivity contribution in [1.82, 2.24) is 9.88 Å². The summed E-state index contributed by atoms with van der Waals surface area (Å²) in [6, 6.07) is 8.74. The summed E-state index contributed by atoms with van der Waals surface area (Å²) in [4.78, 5) is 18.2. The highest BCUT2D eigenvalue weighted by Gasteiger charge is 2.28. The quantitative estimate of drug-likeness (QED) is 0.872. The Morgan fingerprint density at radius 3 is 2.90 bits per heavy atom. The molecule has 1 amide bonds. The normalized spacial score (nSPS) is 17.5. The molecule has 1 aromatic carbocycles. The molecule has 1 unspecified atom stereocenters. The minimum Gasteiger partial charge on any atom is -0.465 e. The first kappa shape index (κ1) is 13.6. The van der Waals surface area contributed by atoms with Gasteiger partial charge in [0.15, 0.2) is 0 Å². The molecule has 0 saturated carbocycles. The summed E-state index contributed by atoms with van der Waals surface area (Å²) >= 11 is 1.45. The molecule has 0 aliphatic carbocycles. The first-order chi connectivity index (χ1) is 10.3. The summed E-state index contributed by atoms with van der Waals surface area (Å²) in [6.07, 6.45) is 2.51. The number of benzene rings is 1. The largest absolute Gasteiger partial charge is 0.465 e. The van der Waals surface area contributed by atoms with Crippen LogP contribution in [0.4, 0.5) is 0 Å². The fraction of sp³-hybridized carbons (Fsp3) is 0.267. The van der Waals surface area contributed by atoms with Gasteiger partial charge >= 0.3 is 0 Å². The zero-order valence-electron chi connectivity index (χ0n) is 11.2. The number of carbonyl (C=O) groups excluding carboxylic acids is 1. The Morgan fingerprint density at radius 1 is 1.43 bits per heavy atom. The van der Waals surface area contributed by atoms with Crippen molar-refractivity contribution >= 4 is 17.2 Å². The molecule has 0 radical (unpaired) electrons. The SMILES string of the molecule is N#Cc1ccc(C(=O)N2CCC(Oc3nccs3)C2)cc1. The average Bonchev–Trinajstić information content (AvgIpc) is 3.19. The number of nitriles is 1. The molecular formula is C15H13N3O2S. The number of likely N-dealkylation sites (tertiary alicyclic amines) is 1. The van der Waals surface area contributed by atoms with Crippen LogP contribution in [-0.2, 0) is 0 Å². The van der Waals surface area contributed by atoms with Crippen molar-refractivity contribution in [1.29, 1.82) is 5.26 Å². The average molecular weight is 299 g/mol. The zero-order chi connectivity index (χ0) is 14.7. The smallest absolute Gasteiger partial charge is 0.273 e. The second kappa shape index (κ2) is 5.94. The Morgan fingerprint density at radius 2 is 2.24 bits per heavy atom. The van der Waals surface area contributed by atoms with E-state index in [0.29, 0.717) is 29.4 Å². The number of hydrogen-bond donors (Lipinski definition) is 0. The Hall–Kier alpha value is -2.39. The van der Waals surface area contributed by atoms with E-state index in [1.54, 1.807) is 35.4 Å². The van der Waals surface area contributed by atoms with Crippen LogP contribution in [0.5, 0.6) is 5.19 Å². The molecule has 106 valence electrons. The van der Waals surface area contributed by atoms with Crippen molar-refractivity contribution in [3.05, 3.63) is 47.0 Å². The lowest BCUT2D eigenvalue weighted by Gasteiger charge is -2.16. The molecule has 0 N–H and O–H groups in total. The Bertz CT molecular complexity index is 661. The molecule has 1 aromatic heterocycles. The fourth-order valence-corrected chi connectivity index (χ4v) is 2.84. The lowest BCUT2D eigenvalue weighted by Crippen LogP contribution is -2.30. The monoisotopic (exact) mass is 299 g/mol. The minimum atomic E-state index is -0.0234. The predicted molar refractivity (Wildman–Crippen MR) is 78.2 cm³/mol. The van der Waals surface area contributed by atoms with Crippen molar-refractivity contribution in [3.63, 3.8) is 0 Å². The van der Waals surface area contributed by atoms with Crippen LogP contribution < -0.4 is 4.74 Å². The summed E-state index contributed by atoms with van der Waals surface area (Å²) in [5.41, 5.74) is 1.15. The van der Waals surface area contributed by atoms with Crippen LogP contribution in [0.25, 0.3) is 0 Å². The molecule has 0 bridgehead atoms. The molecule has 2 heterocycles. The third-order valence-corrected chi connectivity index (χ3v) is 4.03. The highest BCUT2D eigenvalue weighted by Crippen LogP contribution is 2.21. The first-order valence-corrected chi connectivity index (χ1v) is 7.50. The van der Waals surface area contributed by atoms with E-state index in [4.69, 9.17) is 10.00 Å². The Balaban J connectivity index is 1.62. The van der Waals surface area contributed by atoms with Crippen molar-refractivity contribution in [2.45, 2.75) is 12.5 Å². The van der Waals surface area contributed by atoms with Gasteiger partial charge in [0.05, 0.1) is 18.2 Å². The molecule has 21 heavy (non-hydrogen) atoms. The lowest BCUT2D eigenvalue weighted by atomic mass is 10.1. The summed E-state index contributed by atoms with van der Waals surface area (Å²) in [5, 5.41) is 11.3. The van der Waals surface area contributed by atoms with Crippen LogP contribution in [0.3, 0.4) is 0 Å². The van der Waals surface area contributed by atoms with Crippen LogP contribution in [0, 0.1) is 11.3 Å². The molecule has 1 aliphatic heterocycles. The molecule has 1 aliphatic rings. The molecule has 1 saturated heterocycles. The van der Waals surface area contributed by atoms with E-state index < -0.39 is 0 Å². The number of nitrogens with zero attached hydrogens (tertiary/aromatic N) is 3. The van der Waals surface area contributed by atoms with Crippen molar-refractivity contribution in [2.75, 3.05) is 13.1 Å². The summed E-state index contributed by atoms with van der Waals surface area (Å²) in [6.45, 7) is 1.24. The van der Waals surface area contributed by atoms with E-state index >= 15 is 0 Å². The highest BCUT2D eigenvalue weighted by molar-refractivity contribution is 7.11. The zero-order valence-corrected chi connectivity index (χ0v) is 12.0. The second-order valence-electron chi connectivity index (χ2n) is 4.77. The topological polar surface area (TPSA) is 66.2 Å². The van der Waals surface area contributed by atoms with Crippen LogP contribution in [-0.4, -0.2) is 35.0 Å². The van der Waals surface area contributed by atoms with Gasteiger partial charge in [-0.2, -0.15) is 5.26 Å². The maximum Gasteiger partial charge on any atom is 0.273 e. The van der Waals surface area contributed by atoms with Gasteiger partial charge in [0.2, 0.25) is 0 Å². The van der Waals surface area contributed by atoms with Gasteiger partial charge in [-0.1, -0.05) is 11.3 Å². The predicted octanol–water partition coefficient (Wildman–Crippen LogP) is 2.31. The maximum atomic E-state index is 12.4. The molecule has 1 atom stereocenters.